The lowest BCUT2D eigenvalue weighted by atomic mass is 9.67. The third-order valence-corrected chi connectivity index (χ3v) is 6.83. The van der Waals surface area contributed by atoms with Crippen molar-refractivity contribution in [3.05, 3.63) is 53.6 Å². The summed E-state index contributed by atoms with van der Waals surface area (Å²) in [5, 5.41) is 0. The molecule has 0 aliphatic carbocycles. The first-order valence-corrected chi connectivity index (χ1v) is 11.5. The van der Waals surface area contributed by atoms with Gasteiger partial charge in [0.15, 0.2) is 0 Å². The molecule has 1 fully saturated rings. The minimum atomic E-state index is -0.812. The van der Waals surface area contributed by atoms with Crippen LogP contribution in [0.1, 0.15) is 51.2 Å². The Kier molecular flexibility index (Phi) is 4.91. The van der Waals surface area contributed by atoms with Crippen molar-refractivity contribution in [3.8, 4) is 11.5 Å². The van der Waals surface area contributed by atoms with Gasteiger partial charge >= 0.3 is 0 Å². The molecular formula is C26H30N2O4. The predicted molar refractivity (Wildman–Crippen MR) is 122 cm³/mol. The van der Waals surface area contributed by atoms with Crippen molar-refractivity contribution in [1.82, 2.24) is 4.90 Å². The van der Waals surface area contributed by atoms with E-state index in [0.29, 0.717) is 38.3 Å². The molecule has 0 bridgehead atoms. The van der Waals surface area contributed by atoms with Crippen molar-refractivity contribution in [2.45, 2.75) is 51.0 Å². The van der Waals surface area contributed by atoms with Gasteiger partial charge in [-0.25, -0.2) is 0 Å². The zero-order valence-corrected chi connectivity index (χ0v) is 19.0. The monoisotopic (exact) mass is 434 g/mol. The number of nitrogens with zero attached hydrogens (tertiary/aromatic N) is 2. The number of rotatable bonds is 5. The molecule has 2 aromatic carbocycles. The van der Waals surface area contributed by atoms with Crippen LogP contribution >= 0.6 is 0 Å². The highest BCUT2D eigenvalue weighted by Crippen LogP contribution is 2.56. The van der Waals surface area contributed by atoms with Crippen molar-refractivity contribution in [1.29, 1.82) is 0 Å². The molecule has 0 aromatic heterocycles. The fourth-order valence-electron chi connectivity index (χ4n) is 5.60. The maximum atomic E-state index is 14.2. The van der Waals surface area contributed by atoms with E-state index in [-0.39, 0.29) is 11.8 Å². The number of amides is 2. The summed E-state index contributed by atoms with van der Waals surface area (Å²) in [6.45, 7) is 8.42. The van der Waals surface area contributed by atoms with Gasteiger partial charge in [-0.2, -0.15) is 0 Å². The maximum absolute atomic E-state index is 14.2. The summed E-state index contributed by atoms with van der Waals surface area (Å²) in [5.41, 5.74) is 1.49. The Hall–Kier alpha value is -3.02. The molecule has 3 heterocycles. The average Bonchev–Trinajstić information content (AvgIpc) is 3.26. The zero-order valence-electron chi connectivity index (χ0n) is 19.0. The van der Waals surface area contributed by atoms with Crippen LogP contribution in [0.5, 0.6) is 11.5 Å². The Morgan fingerprint density at radius 2 is 1.88 bits per heavy atom. The Bertz CT molecular complexity index is 1080. The van der Waals surface area contributed by atoms with Crippen molar-refractivity contribution >= 4 is 17.5 Å². The molecule has 2 aromatic rings. The quantitative estimate of drug-likeness (QED) is 0.716. The SMILES string of the molecule is CCOc1ccc2c(c1)OC(C)(C)CC21C(=O)N(CCN2CCCC2=O)c2ccccc21. The molecular weight excluding hydrogens is 404 g/mol. The van der Waals surface area contributed by atoms with Gasteiger partial charge in [0.2, 0.25) is 11.8 Å². The Balaban J connectivity index is 1.59. The number of carbonyl (C=O) groups is 2. The molecule has 1 atom stereocenters. The van der Waals surface area contributed by atoms with Crippen LogP contribution in [0.15, 0.2) is 42.5 Å². The summed E-state index contributed by atoms with van der Waals surface area (Å²) in [4.78, 5) is 30.1. The highest BCUT2D eigenvalue weighted by atomic mass is 16.5. The van der Waals surface area contributed by atoms with Crippen molar-refractivity contribution in [3.63, 3.8) is 0 Å². The number of hydrogen-bond acceptors (Lipinski definition) is 4. The van der Waals surface area contributed by atoms with E-state index in [4.69, 9.17) is 9.47 Å². The molecule has 32 heavy (non-hydrogen) atoms. The van der Waals surface area contributed by atoms with Gasteiger partial charge in [-0.3, -0.25) is 9.59 Å². The number of ether oxygens (including phenoxy) is 2. The summed E-state index contributed by atoms with van der Waals surface area (Å²) in [6, 6.07) is 13.9. The van der Waals surface area contributed by atoms with E-state index in [1.165, 1.54) is 0 Å². The van der Waals surface area contributed by atoms with E-state index in [1.54, 1.807) is 0 Å². The minimum Gasteiger partial charge on any atom is -0.494 e. The number of likely N-dealkylation sites (tertiary alicyclic amines) is 1. The van der Waals surface area contributed by atoms with Gasteiger partial charge in [0.25, 0.3) is 0 Å². The Morgan fingerprint density at radius 3 is 2.62 bits per heavy atom. The van der Waals surface area contributed by atoms with Crippen LogP contribution < -0.4 is 14.4 Å². The molecule has 3 aliphatic rings. The van der Waals surface area contributed by atoms with Crippen LogP contribution in [0.2, 0.25) is 0 Å². The van der Waals surface area contributed by atoms with Crippen LogP contribution in [0, 0.1) is 0 Å². The normalized spacial score (nSPS) is 23.3. The molecule has 1 spiro atoms. The highest BCUT2D eigenvalue weighted by molar-refractivity contribution is 6.11. The molecule has 1 unspecified atom stereocenters. The van der Waals surface area contributed by atoms with Gasteiger partial charge in [0.05, 0.1) is 6.61 Å². The first-order valence-electron chi connectivity index (χ1n) is 11.5. The van der Waals surface area contributed by atoms with E-state index in [0.717, 1.165) is 35.5 Å². The van der Waals surface area contributed by atoms with E-state index < -0.39 is 11.0 Å². The molecule has 0 radical (unpaired) electrons. The topological polar surface area (TPSA) is 59.1 Å². The molecule has 2 amide bonds. The van der Waals surface area contributed by atoms with E-state index in [9.17, 15) is 9.59 Å². The van der Waals surface area contributed by atoms with Gasteiger partial charge in [0, 0.05) is 49.8 Å². The van der Waals surface area contributed by atoms with Crippen LogP contribution in [0.25, 0.3) is 0 Å². The summed E-state index contributed by atoms with van der Waals surface area (Å²) >= 11 is 0. The summed E-state index contributed by atoms with van der Waals surface area (Å²) < 4.78 is 12.0. The molecule has 6 nitrogen and oxygen atoms in total. The number of carbonyl (C=O) groups excluding carboxylic acids is 2. The number of para-hydroxylation sites is 1. The lowest BCUT2D eigenvalue weighted by molar-refractivity contribution is -0.128. The fourth-order valence-corrected chi connectivity index (χ4v) is 5.60. The second kappa shape index (κ2) is 7.54. The van der Waals surface area contributed by atoms with Crippen molar-refractivity contribution in [2.75, 3.05) is 31.1 Å². The van der Waals surface area contributed by atoms with Gasteiger partial charge < -0.3 is 19.3 Å². The number of benzene rings is 2. The molecule has 3 aliphatic heterocycles. The van der Waals surface area contributed by atoms with E-state index >= 15 is 0 Å². The first kappa shape index (κ1) is 20.9. The van der Waals surface area contributed by atoms with Crippen LogP contribution in [-0.2, 0) is 15.0 Å². The molecule has 0 N–H and O–H groups in total. The fraction of sp³-hybridized carbons (Fsp3) is 0.462. The smallest absolute Gasteiger partial charge is 0.242 e. The second-order valence-corrected chi connectivity index (χ2v) is 9.49. The summed E-state index contributed by atoms with van der Waals surface area (Å²) in [7, 11) is 0. The first-order chi connectivity index (χ1) is 15.4. The van der Waals surface area contributed by atoms with Gasteiger partial charge in [-0.1, -0.05) is 24.3 Å². The third-order valence-electron chi connectivity index (χ3n) is 6.83. The molecule has 5 rings (SSSR count). The van der Waals surface area contributed by atoms with Gasteiger partial charge in [-0.05, 0) is 44.9 Å². The zero-order chi connectivity index (χ0) is 22.5. The van der Waals surface area contributed by atoms with E-state index in [2.05, 4.69) is 6.07 Å². The van der Waals surface area contributed by atoms with Crippen LogP contribution in [0.3, 0.4) is 0 Å². The molecule has 0 saturated carbocycles. The Morgan fingerprint density at radius 1 is 1.06 bits per heavy atom. The summed E-state index contributed by atoms with van der Waals surface area (Å²) in [6.07, 6.45) is 2.06. The number of hydrogen-bond donors (Lipinski definition) is 0. The van der Waals surface area contributed by atoms with Gasteiger partial charge in [0.1, 0.15) is 22.5 Å². The maximum Gasteiger partial charge on any atom is 0.242 e. The van der Waals surface area contributed by atoms with E-state index in [1.807, 2.05) is 67.0 Å². The number of anilines is 1. The van der Waals surface area contributed by atoms with Crippen molar-refractivity contribution < 1.29 is 19.1 Å². The summed E-state index contributed by atoms with van der Waals surface area (Å²) in [5.74, 6) is 1.68. The lowest BCUT2D eigenvalue weighted by Gasteiger charge is -2.43. The predicted octanol–water partition coefficient (Wildman–Crippen LogP) is 3.90. The molecule has 6 heteroatoms. The Labute approximate surface area is 189 Å². The van der Waals surface area contributed by atoms with Crippen LogP contribution in [0.4, 0.5) is 5.69 Å². The lowest BCUT2D eigenvalue weighted by Crippen LogP contribution is -2.51. The second-order valence-electron chi connectivity index (χ2n) is 9.49. The largest absolute Gasteiger partial charge is 0.494 e. The van der Waals surface area contributed by atoms with Crippen LogP contribution in [-0.4, -0.2) is 48.6 Å². The van der Waals surface area contributed by atoms with Crippen molar-refractivity contribution in [2.24, 2.45) is 0 Å². The van der Waals surface area contributed by atoms with Gasteiger partial charge in [-0.15, -0.1) is 0 Å². The number of fused-ring (bicyclic) bond motifs is 4. The average molecular weight is 435 g/mol. The standard InChI is InChI=1S/C26H30N2O4/c1-4-31-18-11-12-20-22(16-18)32-25(2,3)17-26(20)19-8-5-6-9-21(19)28(24(26)30)15-14-27-13-7-10-23(27)29/h5-6,8-9,11-12,16H,4,7,10,13-15,17H2,1-3H3. The molecule has 168 valence electrons. The third kappa shape index (κ3) is 3.15. The highest BCUT2D eigenvalue weighted by Gasteiger charge is 2.58. The minimum absolute atomic E-state index is 0.0622. The molecule has 1 saturated heterocycles.